The molecule has 0 aromatic heterocycles. The number of halogens is 2. The number of carbonyl (C=O) groups excluding carboxylic acids is 1. The summed E-state index contributed by atoms with van der Waals surface area (Å²) in [6.45, 7) is 3.91. The number of nitrogens with one attached hydrogen (secondary N) is 1. The Bertz CT molecular complexity index is 570. The molecule has 1 N–H and O–H groups in total. The maximum Gasteiger partial charge on any atom is 0.248 e. The molecule has 0 saturated heterocycles. The molecule has 1 aliphatic rings. The lowest BCUT2D eigenvalue weighted by Gasteiger charge is -2.11. The molecule has 2 rings (SSSR count). The lowest BCUT2D eigenvalue weighted by molar-refractivity contribution is -0.125. The predicted molar refractivity (Wildman–Crippen MR) is 91.3 cm³/mol. The van der Waals surface area contributed by atoms with Gasteiger partial charge in [0.1, 0.15) is 5.75 Å². The zero-order valence-electron chi connectivity index (χ0n) is 12.2. The van der Waals surface area contributed by atoms with E-state index in [9.17, 15) is 4.79 Å². The molecule has 6 heteroatoms. The highest BCUT2D eigenvalue weighted by atomic mass is 79.9. The fourth-order valence-electron chi connectivity index (χ4n) is 2.02. The van der Waals surface area contributed by atoms with E-state index in [-0.39, 0.29) is 9.14 Å². The van der Waals surface area contributed by atoms with Crippen LogP contribution in [0.15, 0.2) is 29.4 Å². The number of ether oxygens (including phenoxy) is 1. The molecular formula is C15H18Br2N2O2. The van der Waals surface area contributed by atoms with Gasteiger partial charge < -0.3 is 4.74 Å². The Morgan fingerprint density at radius 1 is 1.38 bits per heavy atom. The molecule has 1 fully saturated rings. The van der Waals surface area contributed by atoms with Crippen LogP contribution in [0.1, 0.15) is 32.3 Å². The second-order valence-electron chi connectivity index (χ2n) is 5.29. The SMILES string of the molecule is CC/C(=N\NC(=O)C1(C)CC1(Br)Br)c1ccc(OC)cc1. The number of methoxy groups -OCH3 is 1. The highest BCUT2D eigenvalue weighted by Gasteiger charge is 2.66. The van der Waals surface area contributed by atoms with Crippen molar-refractivity contribution in [3.05, 3.63) is 29.8 Å². The van der Waals surface area contributed by atoms with Crippen molar-refractivity contribution in [3.8, 4) is 5.75 Å². The van der Waals surface area contributed by atoms with E-state index in [2.05, 4.69) is 42.4 Å². The van der Waals surface area contributed by atoms with Crippen molar-refractivity contribution < 1.29 is 9.53 Å². The van der Waals surface area contributed by atoms with Crippen LogP contribution in [0.3, 0.4) is 0 Å². The maximum absolute atomic E-state index is 12.2. The average Bonchev–Trinajstić information content (AvgIpc) is 3.00. The summed E-state index contributed by atoms with van der Waals surface area (Å²) in [6.07, 6.45) is 1.47. The molecule has 21 heavy (non-hydrogen) atoms. The van der Waals surface area contributed by atoms with Gasteiger partial charge in [0.2, 0.25) is 5.91 Å². The zero-order valence-corrected chi connectivity index (χ0v) is 15.4. The fraction of sp³-hybridized carbons (Fsp3) is 0.467. The van der Waals surface area contributed by atoms with Crippen molar-refractivity contribution in [3.63, 3.8) is 0 Å². The van der Waals surface area contributed by atoms with Crippen molar-refractivity contribution in [2.24, 2.45) is 10.5 Å². The molecule has 0 heterocycles. The number of hydrazone groups is 1. The number of amides is 1. The van der Waals surface area contributed by atoms with E-state index in [1.165, 1.54) is 0 Å². The number of alkyl halides is 2. The maximum atomic E-state index is 12.2. The Morgan fingerprint density at radius 3 is 2.38 bits per heavy atom. The van der Waals surface area contributed by atoms with Gasteiger partial charge in [-0.15, -0.1) is 0 Å². The van der Waals surface area contributed by atoms with Crippen LogP contribution in [0.25, 0.3) is 0 Å². The van der Waals surface area contributed by atoms with Crippen LogP contribution >= 0.6 is 31.9 Å². The minimum absolute atomic E-state index is 0.0873. The predicted octanol–water partition coefficient (Wildman–Crippen LogP) is 3.82. The van der Waals surface area contributed by atoms with Crippen LogP contribution in [0, 0.1) is 5.41 Å². The number of hydrogen-bond donors (Lipinski definition) is 1. The number of benzene rings is 1. The minimum Gasteiger partial charge on any atom is -0.497 e. The normalized spacial score (nSPS) is 23.6. The molecule has 0 spiro atoms. The Labute approximate surface area is 141 Å². The van der Waals surface area contributed by atoms with Crippen molar-refractivity contribution in [1.29, 1.82) is 0 Å². The Balaban J connectivity index is 2.08. The van der Waals surface area contributed by atoms with Gasteiger partial charge in [-0.25, -0.2) is 5.43 Å². The molecule has 1 aliphatic carbocycles. The van der Waals surface area contributed by atoms with Gasteiger partial charge in [0, 0.05) is 0 Å². The number of carbonyl (C=O) groups is 1. The third-order valence-corrected chi connectivity index (χ3v) is 6.12. The summed E-state index contributed by atoms with van der Waals surface area (Å²) in [4.78, 5) is 12.2. The summed E-state index contributed by atoms with van der Waals surface area (Å²) < 4.78 is 4.83. The topological polar surface area (TPSA) is 50.7 Å². The molecule has 1 atom stereocenters. The first-order chi connectivity index (χ1) is 9.84. The van der Waals surface area contributed by atoms with E-state index in [1.807, 2.05) is 38.1 Å². The first-order valence-corrected chi connectivity index (χ1v) is 8.32. The fourth-order valence-corrected chi connectivity index (χ4v) is 3.50. The van der Waals surface area contributed by atoms with Crippen molar-refractivity contribution >= 4 is 43.5 Å². The van der Waals surface area contributed by atoms with Crippen LogP contribution in [-0.2, 0) is 4.79 Å². The Kier molecular flexibility index (Phi) is 4.78. The Morgan fingerprint density at radius 2 is 1.95 bits per heavy atom. The first kappa shape index (κ1) is 16.5. The summed E-state index contributed by atoms with van der Waals surface area (Å²) in [7, 11) is 1.63. The van der Waals surface area contributed by atoms with Gasteiger partial charge in [0.15, 0.2) is 0 Å². The van der Waals surface area contributed by atoms with Crippen LogP contribution in [-0.4, -0.2) is 22.0 Å². The third-order valence-electron chi connectivity index (χ3n) is 3.81. The van der Waals surface area contributed by atoms with Gasteiger partial charge in [-0.3, -0.25) is 4.79 Å². The molecule has 1 aromatic carbocycles. The largest absolute Gasteiger partial charge is 0.497 e. The lowest BCUT2D eigenvalue weighted by atomic mass is 10.1. The van der Waals surface area contributed by atoms with Gasteiger partial charge in [-0.05, 0) is 49.6 Å². The van der Waals surface area contributed by atoms with Crippen LogP contribution in [0.4, 0.5) is 0 Å². The molecule has 1 aromatic rings. The van der Waals surface area contributed by atoms with Crippen molar-refractivity contribution in [1.82, 2.24) is 5.43 Å². The summed E-state index contributed by atoms with van der Waals surface area (Å²) in [5.74, 6) is 0.711. The molecule has 1 amide bonds. The standard InChI is InChI=1S/C15H18Br2N2O2/c1-4-12(10-5-7-11(21-3)8-6-10)18-19-13(20)14(2)9-15(14,16)17/h5-8H,4,9H2,1-3H3,(H,19,20)/b18-12+. The van der Waals surface area contributed by atoms with Crippen LogP contribution in [0.5, 0.6) is 5.75 Å². The second kappa shape index (κ2) is 6.08. The van der Waals surface area contributed by atoms with E-state index in [0.29, 0.717) is 0 Å². The number of hydrogen-bond acceptors (Lipinski definition) is 3. The van der Waals surface area contributed by atoms with Crippen molar-refractivity contribution in [2.75, 3.05) is 7.11 Å². The summed E-state index contributed by atoms with van der Waals surface area (Å²) >= 11 is 6.98. The van der Waals surface area contributed by atoms with E-state index < -0.39 is 5.41 Å². The molecule has 0 aliphatic heterocycles. The highest BCUT2D eigenvalue weighted by molar-refractivity contribution is 9.25. The minimum atomic E-state index is -0.463. The highest BCUT2D eigenvalue weighted by Crippen LogP contribution is 2.66. The van der Waals surface area contributed by atoms with Gasteiger partial charge in [-0.2, -0.15) is 5.10 Å². The molecular weight excluding hydrogens is 400 g/mol. The van der Waals surface area contributed by atoms with E-state index in [1.54, 1.807) is 7.11 Å². The lowest BCUT2D eigenvalue weighted by Crippen LogP contribution is -2.30. The second-order valence-corrected chi connectivity index (χ2v) is 9.07. The van der Waals surface area contributed by atoms with E-state index >= 15 is 0 Å². The molecule has 0 radical (unpaired) electrons. The third kappa shape index (κ3) is 3.31. The average molecular weight is 418 g/mol. The van der Waals surface area contributed by atoms with E-state index in [0.717, 1.165) is 29.9 Å². The summed E-state index contributed by atoms with van der Waals surface area (Å²) in [5, 5.41) is 4.27. The molecule has 1 saturated carbocycles. The first-order valence-electron chi connectivity index (χ1n) is 6.73. The smallest absolute Gasteiger partial charge is 0.248 e. The molecule has 4 nitrogen and oxygen atoms in total. The molecule has 114 valence electrons. The molecule has 1 unspecified atom stereocenters. The Hall–Kier alpha value is -0.880. The summed E-state index contributed by atoms with van der Waals surface area (Å²) in [5.41, 5.74) is 4.03. The molecule has 0 bridgehead atoms. The van der Waals surface area contributed by atoms with Gasteiger partial charge in [-0.1, -0.05) is 38.8 Å². The number of nitrogens with zero attached hydrogens (tertiary/aromatic N) is 1. The van der Waals surface area contributed by atoms with Crippen LogP contribution in [0.2, 0.25) is 0 Å². The van der Waals surface area contributed by atoms with Crippen LogP contribution < -0.4 is 10.2 Å². The van der Waals surface area contributed by atoms with E-state index in [4.69, 9.17) is 4.74 Å². The quantitative estimate of drug-likeness (QED) is 0.449. The monoisotopic (exact) mass is 416 g/mol. The number of rotatable bonds is 5. The zero-order chi connectivity index (χ0) is 15.7. The van der Waals surface area contributed by atoms with Crippen molar-refractivity contribution in [2.45, 2.75) is 29.9 Å². The van der Waals surface area contributed by atoms with Gasteiger partial charge in [0.05, 0.1) is 21.5 Å². The van der Waals surface area contributed by atoms with Gasteiger partial charge >= 0.3 is 0 Å². The summed E-state index contributed by atoms with van der Waals surface area (Å²) in [6, 6.07) is 7.63. The van der Waals surface area contributed by atoms with Gasteiger partial charge in [0.25, 0.3) is 0 Å².